The second kappa shape index (κ2) is 74.6. The van der Waals surface area contributed by atoms with Gasteiger partial charge in [-0.1, -0.05) is 338 Å². The first kappa shape index (κ1) is 91.4. The quantitative estimate of drug-likeness (QED) is 0.0211. The first-order valence-corrected chi connectivity index (χ1v) is 40.4. The van der Waals surface area contributed by atoms with Crippen LogP contribution in [0, 0.1) is 0 Å². The van der Waals surface area contributed by atoms with Gasteiger partial charge in [-0.05, 0) is 128 Å². The minimum absolute atomic E-state index is 0.0219. The summed E-state index contributed by atoms with van der Waals surface area (Å²) in [6.45, 7) is 4.20. The molecule has 1 N–H and O–H groups in total. The van der Waals surface area contributed by atoms with E-state index in [0.717, 1.165) is 148 Å². The van der Waals surface area contributed by atoms with Crippen molar-refractivity contribution in [3.63, 3.8) is 0 Å². The number of ether oxygens (including phenoxy) is 2. The molecule has 0 fully saturated rings. The molecule has 0 heterocycles. The molecular weight excluding hydrogens is 1210 g/mol. The lowest BCUT2D eigenvalue weighted by atomic mass is 10.0. The van der Waals surface area contributed by atoms with Crippen LogP contribution in [0.4, 0.5) is 0 Å². The van der Waals surface area contributed by atoms with Crippen molar-refractivity contribution in [2.75, 3.05) is 47.5 Å². The lowest BCUT2D eigenvalue weighted by Crippen LogP contribution is -2.37. The van der Waals surface area contributed by atoms with Crippen LogP contribution >= 0.6 is 7.82 Å². The van der Waals surface area contributed by atoms with Crippen molar-refractivity contribution in [1.29, 1.82) is 0 Å². The van der Waals surface area contributed by atoms with Crippen LogP contribution in [-0.4, -0.2) is 74.9 Å². The second-order valence-corrected chi connectivity index (χ2v) is 28.1. The number of unbranched alkanes of at least 4 members (excludes halogenated alkanes) is 28. The number of nitrogens with zero attached hydrogens (tertiary/aromatic N) is 1. The van der Waals surface area contributed by atoms with E-state index in [9.17, 15) is 19.0 Å². The first-order chi connectivity index (χ1) is 47.0. The van der Waals surface area contributed by atoms with Crippen molar-refractivity contribution in [2.24, 2.45) is 0 Å². The van der Waals surface area contributed by atoms with Gasteiger partial charge in [-0.25, -0.2) is 4.57 Å². The molecule has 0 rings (SSSR count). The Bertz CT molecular complexity index is 2230. The molecule has 0 radical (unpaired) electrons. The SMILES string of the molecule is CC/C=C\C/C=C\C/C=C\C/C=C\C/C=C\C/C=C\C/C=C\C/C=C\CCCCCCCCC(=O)OC(COC(=O)CCCCCCCCCCCCCCCCCCCCCCCC/C=C\C/C=C\C/C=C\C/C=C\C/C=C\C/C=C\CC)COP(=O)(O)OCC[N+](C)(C)C. The summed E-state index contributed by atoms with van der Waals surface area (Å²) in [5, 5.41) is 0. The van der Waals surface area contributed by atoms with Gasteiger partial charge in [0.05, 0.1) is 27.7 Å². The Morgan fingerprint density at radius 3 is 0.833 bits per heavy atom. The minimum Gasteiger partial charge on any atom is -0.462 e. The molecular formula is C86H145NO8P+. The molecule has 0 aromatic carbocycles. The number of esters is 2. The molecule has 0 aliphatic rings. The van der Waals surface area contributed by atoms with Crippen LogP contribution in [0.1, 0.15) is 309 Å². The highest BCUT2D eigenvalue weighted by molar-refractivity contribution is 7.47. The smallest absolute Gasteiger partial charge is 0.462 e. The number of hydrogen-bond donors (Lipinski definition) is 1. The van der Waals surface area contributed by atoms with Gasteiger partial charge in [-0.3, -0.25) is 18.6 Å². The van der Waals surface area contributed by atoms with Crippen LogP contribution in [0.25, 0.3) is 0 Å². The molecule has 2 atom stereocenters. The third-order valence-corrected chi connectivity index (χ3v) is 17.2. The maximum atomic E-state index is 12.9. The fourth-order valence-electron chi connectivity index (χ4n) is 10.4. The van der Waals surface area contributed by atoms with E-state index in [0.29, 0.717) is 17.4 Å². The van der Waals surface area contributed by atoms with E-state index in [-0.39, 0.29) is 32.0 Å². The van der Waals surface area contributed by atoms with Crippen LogP contribution in [0.2, 0.25) is 0 Å². The zero-order chi connectivity index (χ0) is 69.7. The minimum atomic E-state index is -4.41. The van der Waals surface area contributed by atoms with Gasteiger partial charge in [0.25, 0.3) is 0 Å². The van der Waals surface area contributed by atoms with Gasteiger partial charge in [0.15, 0.2) is 6.10 Å². The summed E-state index contributed by atoms with van der Waals surface area (Å²) in [6.07, 6.45) is 113. The van der Waals surface area contributed by atoms with Gasteiger partial charge < -0.3 is 18.9 Å². The van der Waals surface area contributed by atoms with Crippen LogP contribution in [0.3, 0.4) is 0 Å². The highest BCUT2D eigenvalue weighted by Gasteiger charge is 2.27. The van der Waals surface area contributed by atoms with Crippen molar-refractivity contribution < 1.29 is 42.1 Å². The lowest BCUT2D eigenvalue weighted by molar-refractivity contribution is -0.870. The highest BCUT2D eigenvalue weighted by atomic mass is 31.2. The van der Waals surface area contributed by atoms with Crippen LogP contribution in [0.15, 0.2) is 170 Å². The lowest BCUT2D eigenvalue weighted by Gasteiger charge is -2.24. The molecule has 0 aromatic heterocycles. The topological polar surface area (TPSA) is 108 Å². The second-order valence-electron chi connectivity index (χ2n) is 26.6. The van der Waals surface area contributed by atoms with Crippen molar-refractivity contribution >= 4 is 19.8 Å². The number of phosphoric ester groups is 1. The molecule has 0 aliphatic carbocycles. The van der Waals surface area contributed by atoms with E-state index in [1.165, 1.54) is 128 Å². The number of carbonyl (C=O) groups excluding carboxylic acids is 2. The molecule has 0 aromatic rings. The standard InChI is InChI=1S/C86H144NO8P/c1-6-8-10-12-14-16-18-20-22-24-26-28-30-32-34-36-38-39-40-41-42-43-44-45-46-47-49-50-52-54-56-58-60-62-64-66-68-70-72-74-76-78-85(88)92-82-84(83-94-96(90,91)93-81-80-87(3,4)5)95-86(89)79-77-75-73-71-69-67-65-63-61-59-57-55-53-51-48-37-35-33-31-29-27-25-23-21-19-17-15-13-11-9-7-2/h8-11,14-17,20-23,26-29,32-35,38-39,48,51,55,57,61,63,84H,6-7,12-13,18-19,24-25,30-31,36-37,40-47,49-50,52-54,56,58-60,62,64-83H2,1-5H3/p+1/b10-8-,11-9-,16-14-,17-15-,22-20-,23-21-,28-26-,29-27-,34-32-,35-33-,39-38-,51-48-,57-55-,63-61-. The summed E-state index contributed by atoms with van der Waals surface area (Å²) in [7, 11) is 1.46. The van der Waals surface area contributed by atoms with Crippen molar-refractivity contribution in [1.82, 2.24) is 0 Å². The van der Waals surface area contributed by atoms with Crippen LogP contribution in [-0.2, 0) is 32.7 Å². The normalized spacial score (nSPS) is 14.0. The number of quaternary nitrogens is 1. The molecule has 2 unspecified atom stereocenters. The predicted octanol–water partition coefficient (Wildman–Crippen LogP) is 26.1. The van der Waals surface area contributed by atoms with Crippen molar-refractivity contribution in [2.45, 2.75) is 315 Å². The van der Waals surface area contributed by atoms with E-state index >= 15 is 0 Å². The Morgan fingerprint density at radius 2 is 0.562 bits per heavy atom. The first-order valence-electron chi connectivity index (χ1n) is 38.9. The number of rotatable bonds is 70. The van der Waals surface area contributed by atoms with Gasteiger partial charge in [0.2, 0.25) is 0 Å². The Balaban J connectivity index is 4.02. The summed E-state index contributed by atoms with van der Waals surface area (Å²) < 4.78 is 34.8. The molecule has 9 nitrogen and oxygen atoms in total. The van der Waals surface area contributed by atoms with E-state index in [2.05, 4.69) is 184 Å². The molecule has 0 aliphatic heterocycles. The van der Waals surface area contributed by atoms with Gasteiger partial charge in [-0.2, -0.15) is 0 Å². The van der Waals surface area contributed by atoms with Crippen LogP contribution in [0.5, 0.6) is 0 Å². The number of hydrogen-bond acceptors (Lipinski definition) is 7. The van der Waals surface area contributed by atoms with Gasteiger partial charge in [0.1, 0.15) is 19.8 Å². The Kier molecular flexibility index (Phi) is 71.0. The van der Waals surface area contributed by atoms with Gasteiger partial charge in [0, 0.05) is 12.8 Å². The molecule has 0 spiro atoms. The van der Waals surface area contributed by atoms with Crippen molar-refractivity contribution in [3.05, 3.63) is 170 Å². The number of allylic oxidation sites excluding steroid dienone is 28. The van der Waals surface area contributed by atoms with E-state index in [1.807, 2.05) is 21.1 Å². The average molecular weight is 1350 g/mol. The van der Waals surface area contributed by atoms with Crippen molar-refractivity contribution in [3.8, 4) is 0 Å². The molecule has 0 saturated carbocycles. The van der Waals surface area contributed by atoms with E-state index < -0.39 is 26.5 Å². The summed E-state index contributed by atoms with van der Waals surface area (Å²) in [5.74, 6) is -0.814. The summed E-state index contributed by atoms with van der Waals surface area (Å²) in [6, 6.07) is 0. The number of carbonyl (C=O) groups is 2. The maximum Gasteiger partial charge on any atom is 0.472 e. The number of likely N-dealkylation sites (N-methyl/N-ethyl adjacent to an activating group) is 1. The fraction of sp³-hybridized carbons (Fsp3) is 0.651. The summed E-state index contributed by atoms with van der Waals surface area (Å²) >= 11 is 0. The maximum absolute atomic E-state index is 12.9. The predicted molar refractivity (Wildman–Crippen MR) is 417 cm³/mol. The molecule has 10 heteroatoms. The van der Waals surface area contributed by atoms with E-state index in [4.69, 9.17) is 18.5 Å². The van der Waals surface area contributed by atoms with Crippen LogP contribution < -0.4 is 0 Å². The third kappa shape index (κ3) is 78.4. The average Bonchev–Trinajstić information content (AvgIpc) is 1.97. The Labute approximate surface area is 591 Å². The molecule has 0 amide bonds. The van der Waals surface area contributed by atoms with Gasteiger partial charge in [-0.15, -0.1) is 0 Å². The summed E-state index contributed by atoms with van der Waals surface area (Å²) in [4.78, 5) is 36.0. The molecule has 0 saturated heterocycles. The van der Waals surface area contributed by atoms with E-state index in [1.54, 1.807) is 0 Å². The zero-order valence-electron chi connectivity index (χ0n) is 62.3. The van der Waals surface area contributed by atoms with Gasteiger partial charge >= 0.3 is 19.8 Å². The molecule has 0 bridgehead atoms. The molecule has 546 valence electrons. The molecule has 96 heavy (non-hydrogen) atoms. The largest absolute Gasteiger partial charge is 0.472 e. The fourth-order valence-corrected chi connectivity index (χ4v) is 11.1. The number of phosphoric acid groups is 1. The Hall–Kier alpha value is -4.63. The highest BCUT2D eigenvalue weighted by Crippen LogP contribution is 2.43. The monoisotopic (exact) mass is 1350 g/mol. The third-order valence-electron chi connectivity index (χ3n) is 16.2. The Morgan fingerprint density at radius 1 is 0.323 bits per heavy atom. The zero-order valence-corrected chi connectivity index (χ0v) is 63.2. The summed E-state index contributed by atoms with van der Waals surface area (Å²) in [5.41, 5.74) is 0.